The van der Waals surface area contributed by atoms with E-state index in [0.717, 1.165) is 25.9 Å². The molecule has 1 amide bonds. The fourth-order valence-corrected chi connectivity index (χ4v) is 2.27. The van der Waals surface area contributed by atoms with Crippen LogP contribution in [0.5, 0.6) is 0 Å². The smallest absolute Gasteiger partial charge is 0.255 e. The Morgan fingerprint density at radius 2 is 2.00 bits per heavy atom. The summed E-state index contributed by atoms with van der Waals surface area (Å²) in [6.07, 6.45) is 2.12. The number of hydrogen-bond donors (Lipinski definition) is 0. The molecule has 0 radical (unpaired) electrons. The minimum Gasteiger partial charge on any atom is -0.339 e. The molecule has 0 aromatic heterocycles. The normalized spacial score (nSPS) is 15.7. The SMILES string of the molecule is O=C(c1ccc(F)cc1Br)N1CCCC1. The van der Waals surface area contributed by atoms with Crippen LogP contribution < -0.4 is 0 Å². The van der Waals surface area contributed by atoms with E-state index in [-0.39, 0.29) is 11.7 Å². The van der Waals surface area contributed by atoms with Crippen molar-refractivity contribution in [3.63, 3.8) is 0 Å². The lowest BCUT2D eigenvalue weighted by molar-refractivity contribution is 0.0792. The monoisotopic (exact) mass is 271 g/mol. The van der Waals surface area contributed by atoms with Crippen LogP contribution >= 0.6 is 15.9 Å². The summed E-state index contributed by atoms with van der Waals surface area (Å²) in [5.41, 5.74) is 0.540. The van der Waals surface area contributed by atoms with Crippen molar-refractivity contribution in [3.05, 3.63) is 34.1 Å². The molecule has 0 spiro atoms. The van der Waals surface area contributed by atoms with E-state index in [2.05, 4.69) is 15.9 Å². The predicted octanol–water partition coefficient (Wildman–Crippen LogP) is 2.82. The van der Waals surface area contributed by atoms with Crippen LogP contribution in [0.2, 0.25) is 0 Å². The van der Waals surface area contributed by atoms with Crippen LogP contribution in [0.15, 0.2) is 22.7 Å². The van der Waals surface area contributed by atoms with E-state index >= 15 is 0 Å². The molecule has 2 nitrogen and oxygen atoms in total. The van der Waals surface area contributed by atoms with Crippen molar-refractivity contribution in [2.75, 3.05) is 13.1 Å². The first kappa shape index (κ1) is 10.6. The van der Waals surface area contributed by atoms with Crippen molar-refractivity contribution in [1.82, 2.24) is 4.90 Å². The molecule has 0 aliphatic carbocycles. The largest absolute Gasteiger partial charge is 0.339 e. The highest BCUT2D eigenvalue weighted by atomic mass is 79.9. The number of carbonyl (C=O) groups is 1. The van der Waals surface area contributed by atoms with Gasteiger partial charge in [0.2, 0.25) is 0 Å². The Hall–Kier alpha value is -0.900. The van der Waals surface area contributed by atoms with Crippen molar-refractivity contribution in [2.24, 2.45) is 0 Å². The third kappa shape index (κ3) is 2.20. The second kappa shape index (κ2) is 4.31. The number of amides is 1. The van der Waals surface area contributed by atoms with Crippen LogP contribution in [0, 0.1) is 5.82 Å². The topological polar surface area (TPSA) is 20.3 Å². The summed E-state index contributed by atoms with van der Waals surface area (Å²) in [6, 6.07) is 4.16. The van der Waals surface area contributed by atoms with Crippen molar-refractivity contribution in [1.29, 1.82) is 0 Å². The van der Waals surface area contributed by atoms with Crippen LogP contribution in [0.3, 0.4) is 0 Å². The van der Waals surface area contributed by atoms with Gasteiger partial charge in [0.25, 0.3) is 5.91 Å². The van der Waals surface area contributed by atoms with Gasteiger partial charge in [-0.05, 0) is 47.0 Å². The van der Waals surface area contributed by atoms with Gasteiger partial charge in [0.05, 0.1) is 5.56 Å². The number of carbonyl (C=O) groups excluding carboxylic acids is 1. The van der Waals surface area contributed by atoms with Crippen molar-refractivity contribution >= 4 is 21.8 Å². The van der Waals surface area contributed by atoms with Gasteiger partial charge in [0.15, 0.2) is 0 Å². The van der Waals surface area contributed by atoms with Gasteiger partial charge in [-0.2, -0.15) is 0 Å². The molecule has 1 fully saturated rings. The summed E-state index contributed by atoms with van der Waals surface area (Å²) in [6.45, 7) is 1.62. The third-order valence-electron chi connectivity index (χ3n) is 2.55. The highest BCUT2D eigenvalue weighted by Crippen LogP contribution is 2.21. The summed E-state index contributed by atoms with van der Waals surface area (Å²) < 4.78 is 13.4. The molecule has 1 aromatic carbocycles. The van der Waals surface area contributed by atoms with Crippen LogP contribution in [0.4, 0.5) is 4.39 Å². The number of hydrogen-bond acceptors (Lipinski definition) is 1. The van der Waals surface area contributed by atoms with E-state index in [1.807, 2.05) is 0 Å². The van der Waals surface area contributed by atoms with Gasteiger partial charge in [0.1, 0.15) is 5.82 Å². The maximum absolute atomic E-state index is 12.8. The van der Waals surface area contributed by atoms with Crippen molar-refractivity contribution in [2.45, 2.75) is 12.8 Å². The summed E-state index contributed by atoms with van der Waals surface area (Å²) in [5.74, 6) is -0.348. The van der Waals surface area contributed by atoms with Crippen LogP contribution in [0.25, 0.3) is 0 Å². The van der Waals surface area contributed by atoms with Gasteiger partial charge in [-0.15, -0.1) is 0 Å². The first-order valence-electron chi connectivity index (χ1n) is 4.93. The highest BCUT2D eigenvalue weighted by Gasteiger charge is 2.21. The zero-order valence-corrected chi connectivity index (χ0v) is 9.76. The van der Waals surface area contributed by atoms with Gasteiger partial charge >= 0.3 is 0 Å². The van der Waals surface area contributed by atoms with Gasteiger partial charge in [-0.25, -0.2) is 4.39 Å². The molecule has 80 valence electrons. The number of likely N-dealkylation sites (tertiary alicyclic amines) is 1. The Kier molecular flexibility index (Phi) is 3.05. The average molecular weight is 272 g/mol. The minimum absolute atomic E-state index is 0.0145. The molecule has 0 saturated carbocycles. The molecule has 4 heteroatoms. The summed E-state index contributed by atoms with van der Waals surface area (Å²) in [7, 11) is 0. The zero-order chi connectivity index (χ0) is 10.8. The molecule has 2 rings (SSSR count). The summed E-state index contributed by atoms with van der Waals surface area (Å²) in [5, 5.41) is 0. The third-order valence-corrected chi connectivity index (χ3v) is 3.21. The fraction of sp³-hybridized carbons (Fsp3) is 0.364. The van der Waals surface area contributed by atoms with Gasteiger partial charge in [0, 0.05) is 17.6 Å². The number of halogens is 2. The lowest BCUT2D eigenvalue weighted by Gasteiger charge is -2.15. The highest BCUT2D eigenvalue weighted by molar-refractivity contribution is 9.10. The lowest BCUT2D eigenvalue weighted by Crippen LogP contribution is -2.27. The molecule has 15 heavy (non-hydrogen) atoms. The average Bonchev–Trinajstić information content (AvgIpc) is 2.69. The second-order valence-electron chi connectivity index (χ2n) is 3.62. The van der Waals surface area contributed by atoms with E-state index in [0.29, 0.717) is 10.0 Å². The molecule has 1 heterocycles. The first-order chi connectivity index (χ1) is 7.18. The van der Waals surface area contributed by atoms with Gasteiger partial charge in [-0.3, -0.25) is 4.79 Å². The number of nitrogens with zero attached hydrogens (tertiary/aromatic N) is 1. The number of rotatable bonds is 1. The van der Waals surface area contributed by atoms with Crippen LogP contribution in [0.1, 0.15) is 23.2 Å². The Bertz CT molecular complexity index is 388. The van der Waals surface area contributed by atoms with Crippen molar-refractivity contribution in [3.8, 4) is 0 Å². The molecule has 1 aromatic rings. The Labute approximate surface area is 96.2 Å². The standard InChI is InChI=1S/C11H11BrFNO/c12-10-7-8(13)3-4-9(10)11(15)14-5-1-2-6-14/h3-4,7H,1-2,5-6H2. The maximum Gasteiger partial charge on any atom is 0.255 e. The Morgan fingerprint density at radius 1 is 1.33 bits per heavy atom. The molecule has 0 bridgehead atoms. The van der Waals surface area contributed by atoms with Crippen LogP contribution in [-0.4, -0.2) is 23.9 Å². The van der Waals surface area contributed by atoms with Crippen molar-refractivity contribution < 1.29 is 9.18 Å². The Balaban J connectivity index is 2.24. The summed E-state index contributed by atoms with van der Waals surface area (Å²) >= 11 is 3.21. The minimum atomic E-state index is -0.333. The van der Waals surface area contributed by atoms with E-state index in [1.165, 1.54) is 18.2 Å². The quantitative estimate of drug-likeness (QED) is 0.769. The molecule has 1 saturated heterocycles. The molecule has 1 aliphatic rings. The maximum atomic E-state index is 12.8. The molecule has 1 aliphatic heterocycles. The van der Waals surface area contributed by atoms with Gasteiger partial charge < -0.3 is 4.90 Å². The fourth-order valence-electron chi connectivity index (χ4n) is 1.75. The van der Waals surface area contributed by atoms with E-state index in [4.69, 9.17) is 0 Å². The van der Waals surface area contributed by atoms with E-state index < -0.39 is 0 Å². The van der Waals surface area contributed by atoms with Crippen LogP contribution in [-0.2, 0) is 0 Å². The molecule has 0 atom stereocenters. The Morgan fingerprint density at radius 3 is 2.60 bits per heavy atom. The lowest BCUT2D eigenvalue weighted by atomic mass is 10.2. The van der Waals surface area contributed by atoms with E-state index in [1.54, 1.807) is 4.90 Å². The predicted molar refractivity (Wildman–Crippen MR) is 59.2 cm³/mol. The molecular weight excluding hydrogens is 261 g/mol. The molecule has 0 unspecified atom stereocenters. The molecular formula is C11H11BrFNO. The van der Waals surface area contributed by atoms with Gasteiger partial charge in [-0.1, -0.05) is 0 Å². The summed E-state index contributed by atoms with van der Waals surface area (Å²) in [4.78, 5) is 13.8. The second-order valence-corrected chi connectivity index (χ2v) is 4.48. The molecule has 0 N–H and O–H groups in total. The zero-order valence-electron chi connectivity index (χ0n) is 8.17. The first-order valence-corrected chi connectivity index (χ1v) is 5.72. The van der Waals surface area contributed by atoms with E-state index in [9.17, 15) is 9.18 Å². The number of benzene rings is 1.